The van der Waals surface area contributed by atoms with Crippen LogP contribution in [0.1, 0.15) is 36.5 Å². The number of carbonyl (C=O) groups excluding carboxylic acids is 2. The van der Waals surface area contributed by atoms with E-state index in [1.54, 1.807) is 17.2 Å². The Morgan fingerprint density at radius 2 is 2.04 bits per heavy atom. The van der Waals surface area contributed by atoms with E-state index in [-0.39, 0.29) is 29.6 Å². The molecule has 6 heteroatoms. The van der Waals surface area contributed by atoms with Crippen molar-refractivity contribution in [2.75, 3.05) is 19.6 Å². The Kier molecular flexibility index (Phi) is 5.11. The first kappa shape index (κ1) is 18.6. The van der Waals surface area contributed by atoms with E-state index < -0.39 is 0 Å². The monoisotopic (exact) mass is 381 g/mol. The number of amides is 2. The number of fused-ring (bicyclic) bond motifs is 1. The molecule has 0 N–H and O–H groups in total. The molecular weight excluding hydrogens is 357 g/mol. The Morgan fingerprint density at radius 1 is 1.18 bits per heavy atom. The van der Waals surface area contributed by atoms with Crippen molar-refractivity contribution in [3.05, 3.63) is 54.1 Å². The molecule has 1 saturated heterocycles. The first-order valence-electron chi connectivity index (χ1n) is 9.85. The van der Waals surface area contributed by atoms with Crippen LogP contribution in [0.5, 0.6) is 0 Å². The van der Waals surface area contributed by atoms with E-state index in [0.717, 1.165) is 19.3 Å². The molecule has 5 nitrogen and oxygen atoms in total. The fourth-order valence-electron chi connectivity index (χ4n) is 4.21. The molecule has 2 aromatic rings. The highest BCUT2D eigenvalue weighted by molar-refractivity contribution is 6.07. The van der Waals surface area contributed by atoms with Crippen LogP contribution in [0.25, 0.3) is 10.8 Å². The van der Waals surface area contributed by atoms with Crippen LogP contribution in [0, 0.1) is 11.7 Å². The molecule has 2 unspecified atom stereocenters. The molecule has 2 aliphatic rings. The zero-order valence-electron chi connectivity index (χ0n) is 16.0. The average molecular weight is 381 g/mol. The van der Waals surface area contributed by atoms with Crippen LogP contribution >= 0.6 is 0 Å². The Balaban J connectivity index is 1.51. The normalized spacial score (nSPS) is 22.5. The van der Waals surface area contributed by atoms with Gasteiger partial charge >= 0.3 is 0 Å². The van der Waals surface area contributed by atoms with E-state index >= 15 is 0 Å². The Morgan fingerprint density at radius 3 is 2.79 bits per heavy atom. The maximum absolute atomic E-state index is 14.1. The van der Waals surface area contributed by atoms with E-state index in [9.17, 15) is 14.0 Å². The van der Waals surface area contributed by atoms with E-state index in [0.29, 0.717) is 36.0 Å². The molecule has 1 aromatic carbocycles. The van der Waals surface area contributed by atoms with Crippen molar-refractivity contribution in [1.29, 1.82) is 0 Å². The molecular formula is C22H24FN3O2. The smallest absolute Gasteiger partial charge is 0.254 e. The van der Waals surface area contributed by atoms with Crippen molar-refractivity contribution in [2.45, 2.75) is 32.2 Å². The standard InChI is InChI=1S/C22H24FN3O2/c1-15-14-25(21(27)16-5-3-2-4-6-16)11-12-26(15)22(28)18-7-8-20(23)19-13-24-10-9-17(18)19/h3,5,7-10,13,15-16H,2,4,6,11-12,14H2,1H3. The molecule has 0 spiro atoms. The summed E-state index contributed by atoms with van der Waals surface area (Å²) in [6.07, 6.45) is 10.1. The van der Waals surface area contributed by atoms with Crippen molar-refractivity contribution >= 4 is 22.6 Å². The van der Waals surface area contributed by atoms with Crippen LogP contribution in [0.15, 0.2) is 42.7 Å². The molecule has 28 heavy (non-hydrogen) atoms. The van der Waals surface area contributed by atoms with Gasteiger partial charge in [0.15, 0.2) is 0 Å². The second kappa shape index (κ2) is 7.70. The van der Waals surface area contributed by atoms with Crippen molar-refractivity contribution in [2.24, 2.45) is 5.92 Å². The Bertz CT molecular complexity index is 943. The van der Waals surface area contributed by atoms with E-state index in [1.165, 1.54) is 18.3 Å². The van der Waals surface area contributed by atoms with Gasteiger partial charge in [-0.2, -0.15) is 0 Å². The highest BCUT2D eigenvalue weighted by Crippen LogP contribution is 2.25. The molecule has 0 bridgehead atoms. The van der Waals surface area contributed by atoms with Crippen LogP contribution in [0.2, 0.25) is 0 Å². The average Bonchev–Trinajstić information content (AvgIpc) is 2.74. The first-order chi connectivity index (χ1) is 13.6. The van der Waals surface area contributed by atoms with Gasteiger partial charge in [-0.05, 0) is 44.4 Å². The fourth-order valence-corrected chi connectivity index (χ4v) is 4.21. The summed E-state index contributed by atoms with van der Waals surface area (Å²) in [5.74, 6) is -0.387. The number of aromatic nitrogens is 1. The first-order valence-corrected chi connectivity index (χ1v) is 9.85. The lowest BCUT2D eigenvalue weighted by Crippen LogP contribution is -2.56. The van der Waals surface area contributed by atoms with Gasteiger partial charge in [0.05, 0.1) is 5.92 Å². The molecule has 1 fully saturated rings. The van der Waals surface area contributed by atoms with Crippen LogP contribution in [-0.4, -0.2) is 52.3 Å². The van der Waals surface area contributed by atoms with Gasteiger partial charge in [0.25, 0.3) is 5.91 Å². The topological polar surface area (TPSA) is 53.5 Å². The largest absolute Gasteiger partial charge is 0.338 e. The lowest BCUT2D eigenvalue weighted by Gasteiger charge is -2.41. The van der Waals surface area contributed by atoms with Gasteiger partial charge in [0.1, 0.15) is 5.82 Å². The molecule has 1 aliphatic carbocycles. The summed E-state index contributed by atoms with van der Waals surface area (Å²) in [7, 11) is 0. The summed E-state index contributed by atoms with van der Waals surface area (Å²) in [4.78, 5) is 33.6. The van der Waals surface area contributed by atoms with Gasteiger partial charge < -0.3 is 9.80 Å². The summed E-state index contributed by atoms with van der Waals surface area (Å²) in [5, 5.41) is 0.914. The third kappa shape index (κ3) is 3.39. The summed E-state index contributed by atoms with van der Waals surface area (Å²) in [5.41, 5.74) is 0.473. The predicted octanol–water partition coefficient (Wildman–Crippen LogP) is 3.40. The molecule has 2 amide bonds. The third-order valence-corrected chi connectivity index (χ3v) is 5.77. The highest BCUT2D eigenvalue weighted by atomic mass is 19.1. The number of piperazine rings is 1. The van der Waals surface area contributed by atoms with E-state index in [2.05, 4.69) is 11.1 Å². The minimum Gasteiger partial charge on any atom is -0.338 e. The number of benzene rings is 1. The van der Waals surface area contributed by atoms with Crippen molar-refractivity contribution in [3.8, 4) is 0 Å². The minimum atomic E-state index is -0.386. The Labute approximate surface area is 163 Å². The van der Waals surface area contributed by atoms with Crippen LogP contribution in [0.3, 0.4) is 0 Å². The molecule has 0 saturated carbocycles. The van der Waals surface area contributed by atoms with Gasteiger partial charge in [-0.3, -0.25) is 14.6 Å². The zero-order chi connectivity index (χ0) is 19.7. The maximum Gasteiger partial charge on any atom is 0.254 e. The van der Waals surface area contributed by atoms with Gasteiger partial charge in [-0.15, -0.1) is 0 Å². The molecule has 4 rings (SSSR count). The summed E-state index contributed by atoms with van der Waals surface area (Å²) < 4.78 is 14.1. The van der Waals surface area contributed by atoms with Crippen molar-refractivity contribution in [3.63, 3.8) is 0 Å². The summed E-state index contributed by atoms with van der Waals surface area (Å²) in [6.45, 7) is 3.49. The quantitative estimate of drug-likeness (QED) is 0.749. The second-order valence-electron chi connectivity index (χ2n) is 7.61. The van der Waals surface area contributed by atoms with E-state index in [4.69, 9.17) is 0 Å². The minimum absolute atomic E-state index is 0.0308. The molecule has 146 valence electrons. The summed E-state index contributed by atoms with van der Waals surface area (Å²) in [6, 6.07) is 4.43. The number of hydrogen-bond acceptors (Lipinski definition) is 3. The SMILES string of the molecule is CC1CN(C(=O)C2C=CCCC2)CCN1C(=O)c1ccc(F)c2cnccc12. The molecule has 1 aromatic heterocycles. The number of hydrogen-bond donors (Lipinski definition) is 0. The number of rotatable bonds is 2. The van der Waals surface area contributed by atoms with Crippen LogP contribution in [0.4, 0.5) is 4.39 Å². The number of nitrogens with zero attached hydrogens (tertiary/aromatic N) is 3. The number of halogens is 1. The molecule has 0 radical (unpaired) electrons. The van der Waals surface area contributed by atoms with Gasteiger partial charge in [-0.1, -0.05) is 12.2 Å². The lowest BCUT2D eigenvalue weighted by atomic mass is 9.94. The van der Waals surface area contributed by atoms with Gasteiger partial charge in [0.2, 0.25) is 5.91 Å². The number of carbonyl (C=O) groups is 2. The maximum atomic E-state index is 14.1. The molecule has 2 heterocycles. The molecule has 1 aliphatic heterocycles. The molecule has 2 atom stereocenters. The van der Waals surface area contributed by atoms with Crippen molar-refractivity contribution < 1.29 is 14.0 Å². The second-order valence-corrected chi connectivity index (χ2v) is 7.61. The van der Waals surface area contributed by atoms with Gasteiger partial charge in [-0.25, -0.2) is 4.39 Å². The van der Waals surface area contributed by atoms with Crippen molar-refractivity contribution in [1.82, 2.24) is 14.8 Å². The van der Waals surface area contributed by atoms with Gasteiger partial charge in [0, 0.05) is 54.4 Å². The fraction of sp³-hybridized carbons (Fsp3) is 0.409. The van der Waals surface area contributed by atoms with Crippen LogP contribution in [-0.2, 0) is 4.79 Å². The highest BCUT2D eigenvalue weighted by Gasteiger charge is 2.33. The van der Waals surface area contributed by atoms with E-state index in [1.807, 2.05) is 17.9 Å². The Hall–Kier alpha value is -2.76. The predicted molar refractivity (Wildman–Crippen MR) is 105 cm³/mol. The zero-order valence-corrected chi connectivity index (χ0v) is 16.0. The summed E-state index contributed by atoms with van der Waals surface area (Å²) >= 11 is 0. The van der Waals surface area contributed by atoms with Crippen LogP contribution < -0.4 is 0 Å². The third-order valence-electron chi connectivity index (χ3n) is 5.77. The number of allylic oxidation sites excluding steroid dienone is 1. The lowest BCUT2D eigenvalue weighted by molar-refractivity contribution is -0.136. The number of pyridine rings is 1.